The zero-order valence-corrected chi connectivity index (χ0v) is 12.6. The summed E-state index contributed by atoms with van der Waals surface area (Å²) in [6, 6.07) is 0.120. The highest BCUT2D eigenvalue weighted by atomic mass is 32.1. The van der Waals surface area contributed by atoms with Gasteiger partial charge in [0.1, 0.15) is 10.7 Å². The van der Waals surface area contributed by atoms with E-state index in [1.165, 1.54) is 16.2 Å². The van der Waals surface area contributed by atoms with Crippen molar-refractivity contribution in [3.63, 3.8) is 0 Å². The highest BCUT2D eigenvalue weighted by molar-refractivity contribution is 7.18. The molecule has 0 bridgehead atoms. The number of rotatable bonds is 6. The Labute approximate surface area is 127 Å². The summed E-state index contributed by atoms with van der Waals surface area (Å²) in [5.41, 5.74) is 11.7. The van der Waals surface area contributed by atoms with Crippen molar-refractivity contribution in [2.24, 2.45) is 5.73 Å². The average molecular weight is 315 g/mol. The number of amides is 1. The lowest BCUT2D eigenvalue weighted by Crippen LogP contribution is -2.35. The highest BCUT2D eigenvalue weighted by Crippen LogP contribution is 2.31. The van der Waals surface area contributed by atoms with E-state index in [0.717, 1.165) is 13.0 Å². The summed E-state index contributed by atoms with van der Waals surface area (Å²) in [5, 5.41) is 18.7. The molecule has 1 fully saturated rings. The van der Waals surface area contributed by atoms with E-state index in [4.69, 9.17) is 21.7 Å². The summed E-state index contributed by atoms with van der Waals surface area (Å²) in [6.45, 7) is 1.48. The number of aromatic nitrogens is 1. The number of hydrogen-bond acceptors (Lipinski definition) is 8. The molecule has 21 heavy (non-hydrogen) atoms. The molecule has 2 heterocycles. The first kappa shape index (κ1) is 16.0. The van der Waals surface area contributed by atoms with Crippen LogP contribution in [0.25, 0.3) is 0 Å². The average Bonchev–Trinajstić information content (AvgIpc) is 3.04. The van der Waals surface area contributed by atoms with Gasteiger partial charge in [-0.1, -0.05) is 11.3 Å². The molecule has 1 aliphatic heterocycles. The molecule has 1 aromatic rings. The highest BCUT2D eigenvalue weighted by Gasteiger charge is 2.26. The Morgan fingerprint density at radius 1 is 1.43 bits per heavy atom. The summed E-state index contributed by atoms with van der Waals surface area (Å²) in [4.78, 5) is 20.4. The van der Waals surface area contributed by atoms with Gasteiger partial charge in [-0.3, -0.25) is 4.79 Å². The van der Waals surface area contributed by atoms with Crippen LogP contribution >= 0.6 is 11.3 Å². The predicted octanol–water partition coefficient (Wildman–Crippen LogP) is -1.31. The minimum Gasteiger partial charge on any atom is -0.395 e. The Morgan fingerprint density at radius 3 is 2.62 bits per heavy atom. The number of aliphatic hydroxyl groups is 2. The van der Waals surface area contributed by atoms with Crippen LogP contribution in [0.2, 0.25) is 0 Å². The predicted molar refractivity (Wildman–Crippen MR) is 81.4 cm³/mol. The SMILES string of the molecule is Nc1nc(N2CCC(N)C2)sc1C(=O)N(CCO)CCO. The van der Waals surface area contributed by atoms with Crippen molar-refractivity contribution in [3.8, 4) is 0 Å². The molecule has 1 unspecified atom stereocenters. The van der Waals surface area contributed by atoms with Crippen molar-refractivity contribution in [1.29, 1.82) is 0 Å². The second kappa shape index (κ2) is 7.03. The fraction of sp³-hybridized carbons (Fsp3) is 0.667. The van der Waals surface area contributed by atoms with Crippen LogP contribution < -0.4 is 16.4 Å². The second-order valence-electron chi connectivity index (χ2n) is 4.94. The molecule has 118 valence electrons. The number of thiazole rings is 1. The third kappa shape index (κ3) is 3.62. The number of hydrogen-bond donors (Lipinski definition) is 4. The molecule has 0 aromatic carbocycles. The number of nitrogens with zero attached hydrogens (tertiary/aromatic N) is 3. The molecule has 6 N–H and O–H groups in total. The van der Waals surface area contributed by atoms with Gasteiger partial charge < -0.3 is 31.5 Å². The van der Waals surface area contributed by atoms with Crippen LogP contribution in [0, 0.1) is 0 Å². The van der Waals surface area contributed by atoms with Crippen molar-refractivity contribution >= 4 is 28.2 Å². The smallest absolute Gasteiger partial charge is 0.268 e. The van der Waals surface area contributed by atoms with E-state index in [2.05, 4.69) is 4.98 Å². The van der Waals surface area contributed by atoms with Crippen LogP contribution in [-0.2, 0) is 0 Å². The number of nitrogen functional groups attached to an aromatic ring is 1. The summed E-state index contributed by atoms with van der Waals surface area (Å²) >= 11 is 1.23. The van der Waals surface area contributed by atoms with Gasteiger partial charge in [-0.25, -0.2) is 4.98 Å². The quantitative estimate of drug-likeness (QED) is 0.513. The van der Waals surface area contributed by atoms with Gasteiger partial charge in [0.2, 0.25) is 0 Å². The van der Waals surface area contributed by atoms with Crippen LogP contribution in [0.15, 0.2) is 0 Å². The molecule has 1 aromatic heterocycles. The number of carbonyl (C=O) groups excluding carboxylic acids is 1. The fourth-order valence-electron chi connectivity index (χ4n) is 2.27. The third-order valence-electron chi connectivity index (χ3n) is 3.36. The molecule has 2 rings (SSSR count). The Hall–Kier alpha value is -1.42. The van der Waals surface area contributed by atoms with E-state index >= 15 is 0 Å². The summed E-state index contributed by atoms with van der Waals surface area (Å²) in [6.07, 6.45) is 0.893. The lowest BCUT2D eigenvalue weighted by Gasteiger charge is -2.19. The molecule has 0 aliphatic carbocycles. The largest absolute Gasteiger partial charge is 0.395 e. The standard InChI is InChI=1S/C12H21N5O3S/c13-8-1-2-17(7-8)12-15-10(14)9(21-12)11(20)16(3-5-18)4-6-19/h8,18-19H,1-7,13-14H2. The van der Waals surface area contributed by atoms with E-state index < -0.39 is 0 Å². The first-order valence-corrected chi connectivity index (χ1v) is 7.66. The Bertz CT molecular complexity index is 489. The lowest BCUT2D eigenvalue weighted by atomic mass is 10.3. The van der Waals surface area contributed by atoms with Gasteiger partial charge in [-0.05, 0) is 6.42 Å². The van der Waals surface area contributed by atoms with Gasteiger partial charge in [0, 0.05) is 32.2 Å². The van der Waals surface area contributed by atoms with E-state index in [0.29, 0.717) is 16.6 Å². The Kier molecular flexibility index (Phi) is 5.34. The molecule has 0 radical (unpaired) electrons. The lowest BCUT2D eigenvalue weighted by molar-refractivity contribution is 0.0690. The van der Waals surface area contributed by atoms with Crippen LogP contribution in [0.4, 0.5) is 10.9 Å². The minimum atomic E-state index is -0.317. The van der Waals surface area contributed by atoms with Crippen LogP contribution in [0.3, 0.4) is 0 Å². The molecule has 1 atom stereocenters. The number of anilines is 2. The van der Waals surface area contributed by atoms with Gasteiger partial charge in [0.15, 0.2) is 5.13 Å². The second-order valence-corrected chi connectivity index (χ2v) is 5.92. The van der Waals surface area contributed by atoms with Crippen molar-refractivity contribution in [1.82, 2.24) is 9.88 Å². The molecular weight excluding hydrogens is 294 g/mol. The summed E-state index contributed by atoms with van der Waals surface area (Å²) in [7, 11) is 0. The molecule has 9 heteroatoms. The zero-order chi connectivity index (χ0) is 15.4. The molecular formula is C12H21N5O3S. The number of carbonyl (C=O) groups is 1. The molecule has 1 saturated heterocycles. The molecule has 1 amide bonds. The van der Waals surface area contributed by atoms with E-state index in [-0.39, 0.29) is 44.1 Å². The Balaban J connectivity index is 2.15. The number of nitrogens with two attached hydrogens (primary N) is 2. The van der Waals surface area contributed by atoms with Gasteiger partial charge in [-0.2, -0.15) is 0 Å². The molecule has 8 nitrogen and oxygen atoms in total. The fourth-order valence-corrected chi connectivity index (χ4v) is 3.26. The molecule has 0 spiro atoms. The summed E-state index contributed by atoms with van der Waals surface area (Å²) < 4.78 is 0. The van der Waals surface area contributed by atoms with E-state index in [9.17, 15) is 4.79 Å². The molecule has 0 saturated carbocycles. The normalized spacial score (nSPS) is 18.2. The van der Waals surface area contributed by atoms with Gasteiger partial charge in [0.25, 0.3) is 5.91 Å². The van der Waals surface area contributed by atoms with Crippen LogP contribution in [0.5, 0.6) is 0 Å². The van der Waals surface area contributed by atoms with Crippen LogP contribution in [-0.4, -0.2) is 71.4 Å². The zero-order valence-electron chi connectivity index (χ0n) is 11.7. The first-order chi connectivity index (χ1) is 10.1. The Morgan fingerprint density at radius 2 is 2.10 bits per heavy atom. The van der Waals surface area contributed by atoms with Gasteiger partial charge in [0.05, 0.1) is 13.2 Å². The summed E-state index contributed by atoms with van der Waals surface area (Å²) in [5.74, 6) is -0.135. The van der Waals surface area contributed by atoms with Crippen molar-refractivity contribution in [2.45, 2.75) is 12.5 Å². The third-order valence-corrected chi connectivity index (χ3v) is 4.48. The van der Waals surface area contributed by atoms with Crippen molar-refractivity contribution < 1.29 is 15.0 Å². The van der Waals surface area contributed by atoms with E-state index in [1.807, 2.05) is 4.90 Å². The van der Waals surface area contributed by atoms with Crippen LogP contribution in [0.1, 0.15) is 16.1 Å². The van der Waals surface area contributed by atoms with Crippen molar-refractivity contribution in [2.75, 3.05) is 50.0 Å². The minimum absolute atomic E-state index is 0.120. The topological polar surface area (TPSA) is 129 Å². The first-order valence-electron chi connectivity index (χ1n) is 6.84. The van der Waals surface area contributed by atoms with Gasteiger partial charge >= 0.3 is 0 Å². The van der Waals surface area contributed by atoms with Gasteiger partial charge in [-0.15, -0.1) is 0 Å². The maximum Gasteiger partial charge on any atom is 0.268 e. The maximum absolute atomic E-state index is 12.4. The van der Waals surface area contributed by atoms with E-state index in [1.54, 1.807) is 0 Å². The maximum atomic E-state index is 12.4. The number of aliphatic hydroxyl groups excluding tert-OH is 2. The molecule has 1 aliphatic rings. The monoisotopic (exact) mass is 315 g/mol. The van der Waals surface area contributed by atoms with Crippen molar-refractivity contribution in [3.05, 3.63) is 4.88 Å².